The first-order valence-corrected chi connectivity index (χ1v) is 7.93. The Bertz CT molecular complexity index is 288. The number of likely N-dealkylation sites (tertiary alicyclic amines) is 1. The van der Waals surface area contributed by atoms with Crippen LogP contribution in [0.15, 0.2) is 0 Å². The van der Waals surface area contributed by atoms with E-state index in [2.05, 4.69) is 37.9 Å². The zero-order valence-corrected chi connectivity index (χ0v) is 13.2. The monoisotopic (exact) mass is 268 g/mol. The van der Waals surface area contributed by atoms with Gasteiger partial charge in [0, 0.05) is 12.6 Å². The molecule has 1 saturated carbocycles. The number of piperidine rings is 1. The van der Waals surface area contributed by atoms with Gasteiger partial charge in [-0.2, -0.15) is 0 Å². The summed E-state index contributed by atoms with van der Waals surface area (Å²) in [6.07, 6.45) is 5.16. The van der Waals surface area contributed by atoms with Crippen LogP contribution in [-0.2, 0) is 0 Å². The van der Waals surface area contributed by atoms with E-state index >= 15 is 0 Å². The molecule has 0 aromatic rings. The lowest BCUT2D eigenvalue weighted by atomic mass is 9.75. The smallest absolute Gasteiger partial charge is 0.0623 e. The highest BCUT2D eigenvalue weighted by Crippen LogP contribution is 2.34. The fourth-order valence-corrected chi connectivity index (χ4v) is 3.31. The molecule has 2 rings (SSSR count). The van der Waals surface area contributed by atoms with Crippen LogP contribution in [0.25, 0.3) is 0 Å². The summed E-state index contributed by atoms with van der Waals surface area (Å²) < 4.78 is 0. The van der Waals surface area contributed by atoms with E-state index in [1.54, 1.807) is 0 Å². The lowest BCUT2D eigenvalue weighted by Crippen LogP contribution is -2.56. The molecule has 1 unspecified atom stereocenters. The Kier molecular flexibility index (Phi) is 4.59. The lowest BCUT2D eigenvalue weighted by Gasteiger charge is -2.42. The molecule has 1 aliphatic carbocycles. The average Bonchev–Trinajstić information content (AvgIpc) is 3.12. The molecule has 3 heteroatoms. The van der Waals surface area contributed by atoms with Crippen molar-refractivity contribution in [2.75, 3.05) is 26.2 Å². The van der Waals surface area contributed by atoms with E-state index < -0.39 is 0 Å². The van der Waals surface area contributed by atoms with E-state index in [9.17, 15) is 5.11 Å². The van der Waals surface area contributed by atoms with Crippen molar-refractivity contribution >= 4 is 0 Å². The number of nitrogens with one attached hydrogen (secondary N) is 1. The Labute approximate surface area is 118 Å². The first-order valence-electron chi connectivity index (χ1n) is 7.93. The van der Waals surface area contributed by atoms with Crippen molar-refractivity contribution in [3.05, 3.63) is 0 Å². The molecule has 1 saturated heterocycles. The maximum atomic E-state index is 9.68. The summed E-state index contributed by atoms with van der Waals surface area (Å²) >= 11 is 0. The molecule has 3 nitrogen and oxygen atoms in total. The number of aliphatic hydroxyl groups is 1. The van der Waals surface area contributed by atoms with Crippen LogP contribution in [0, 0.1) is 11.3 Å². The molecule has 112 valence electrons. The number of rotatable bonds is 5. The molecular weight excluding hydrogens is 236 g/mol. The Morgan fingerprint density at radius 2 is 1.63 bits per heavy atom. The number of nitrogens with zero attached hydrogens (tertiary/aromatic N) is 1. The fourth-order valence-electron chi connectivity index (χ4n) is 3.31. The van der Waals surface area contributed by atoms with Crippen LogP contribution in [0.1, 0.15) is 53.4 Å². The molecule has 0 bridgehead atoms. The van der Waals surface area contributed by atoms with Gasteiger partial charge < -0.3 is 15.3 Å². The summed E-state index contributed by atoms with van der Waals surface area (Å²) in [5.41, 5.74) is 0.328. The van der Waals surface area contributed by atoms with Crippen molar-refractivity contribution in [2.45, 2.75) is 65.0 Å². The van der Waals surface area contributed by atoms with Gasteiger partial charge in [0.2, 0.25) is 0 Å². The van der Waals surface area contributed by atoms with E-state index in [1.807, 2.05) is 0 Å². The standard InChI is InChI=1S/C16H32N2O/c1-15(2,3)13-7-9-18(10-8-13)11-16(4,12-19)17-14-5-6-14/h13-14,17,19H,5-12H2,1-4H3. The van der Waals surface area contributed by atoms with Crippen molar-refractivity contribution in [3.8, 4) is 0 Å². The summed E-state index contributed by atoms with van der Waals surface area (Å²) in [5, 5.41) is 13.3. The Balaban J connectivity index is 1.80. The van der Waals surface area contributed by atoms with Gasteiger partial charge in [-0.25, -0.2) is 0 Å². The maximum Gasteiger partial charge on any atom is 0.0623 e. The third-order valence-electron chi connectivity index (χ3n) is 4.86. The van der Waals surface area contributed by atoms with E-state index in [0.29, 0.717) is 11.5 Å². The van der Waals surface area contributed by atoms with Crippen LogP contribution >= 0.6 is 0 Å². The molecule has 2 aliphatic rings. The minimum Gasteiger partial charge on any atom is -0.394 e. The fraction of sp³-hybridized carbons (Fsp3) is 1.00. The zero-order chi connectivity index (χ0) is 14.1. The van der Waals surface area contributed by atoms with Crippen LogP contribution in [0.3, 0.4) is 0 Å². The van der Waals surface area contributed by atoms with Crippen LogP contribution in [0.4, 0.5) is 0 Å². The van der Waals surface area contributed by atoms with Gasteiger partial charge >= 0.3 is 0 Å². The predicted octanol–water partition coefficient (Wildman–Crippen LogP) is 2.25. The summed E-state index contributed by atoms with van der Waals surface area (Å²) in [7, 11) is 0. The molecule has 2 fully saturated rings. The van der Waals surface area contributed by atoms with E-state index in [0.717, 1.165) is 12.5 Å². The van der Waals surface area contributed by atoms with Gasteiger partial charge in [-0.05, 0) is 57.0 Å². The van der Waals surface area contributed by atoms with Gasteiger partial charge in [0.15, 0.2) is 0 Å². The summed E-state index contributed by atoms with van der Waals surface area (Å²) in [4.78, 5) is 2.54. The van der Waals surface area contributed by atoms with Crippen molar-refractivity contribution in [1.29, 1.82) is 0 Å². The molecular formula is C16H32N2O. The van der Waals surface area contributed by atoms with E-state index in [1.165, 1.54) is 38.8 Å². The molecule has 1 aliphatic heterocycles. The van der Waals surface area contributed by atoms with Gasteiger partial charge in [-0.1, -0.05) is 20.8 Å². The van der Waals surface area contributed by atoms with Crippen molar-refractivity contribution < 1.29 is 5.11 Å². The van der Waals surface area contributed by atoms with Crippen molar-refractivity contribution in [3.63, 3.8) is 0 Å². The molecule has 0 aromatic heterocycles. The minimum absolute atomic E-state index is 0.115. The highest BCUT2D eigenvalue weighted by molar-refractivity contribution is 4.95. The van der Waals surface area contributed by atoms with Gasteiger partial charge in [0.25, 0.3) is 0 Å². The maximum absolute atomic E-state index is 9.68. The molecule has 0 spiro atoms. The highest BCUT2D eigenvalue weighted by Gasteiger charge is 2.35. The van der Waals surface area contributed by atoms with Gasteiger partial charge in [0.1, 0.15) is 0 Å². The predicted molar refractivity (Wildman–Crippen MR) is 80.3 cm³/mol. The molecule has 1 heterocycles. The minimum atomic E-state index is -0.115. The summed E-state index contributed by atoms with van der Waals surface area (Å²) in [5.74, 6) is 0.848. The first kappa shape index (κ1) is 15.3. The molecule has 0 radical (unpaired) electrons. The topological polar surface area (TPSA) is 35.5 Å². The SMILES string of the molecule is CC(CO)(CN1CCC(C(C)(C)C)CC1)NC1CC1. The van der Waals surface area contributed by atoms with Crippen LogP contribution in [-0.4, -0.2) is 47.8 Å². The Morgan fingerprint density at radius 3 is 2.05 bits per heavy atom. The second-order valence-electron chi connectivity index (χ2n) is 8.05. The second kappa shape index (κ2) is 5.71. The summed E-state index contributed by atoms with van der Waals surface area (Å²) in [6, 6.07) is 0.657. The molecule has 19 heavy (non-hydrogen) atoms. The third-order valence-corrected chi connectivity index (χ3v) is 4.86. The first-order chi connectivity index (χ1) is 8.82. The number of hydrogen-bond acceptors (Lipinski definition) is 3. The van der Waals surface area contributed by atoms with E-state index in [-0.39, 0.29) is 12.1 Å². The van der Waals surface area contributed by atoms with Crippen molar-refractivity contribution in [2.24, 2.45) is 11.3 Å². The average molecular weight is 268 g/mol. The Morgan fingerprint density at radius 1 is 1.05 bits per heavy atom. The Hall–Kier alpha value is -0.120. The quantitative estimate of drug-likeness (QED) is 0.803. The van der Waals surface area contributed by atoms with Gasteiger partial charge in [0.05, 0.1) is 12.1 Å². The van der Waals surface area contributed by atoms with Crippen LogP contribution in [0.2, 0.25) is 0 Å². The van der Waals surface area contributed by atoms with E-state index in [4.69, 9.17) is 0 Å². The highest BCUT2D eigenvalue weighted by atomic mass is 16.3. The lowest BCUT2D eigenvalue weighted by molar-refractivity contribution is 0.0698. The second-order valence-corrected chi connectivity index (χ2v) is 8.05. The van der Waals surface area contributed by atoms with Gasteiger partial charge in [-0.15, -0.1) is 0 Å². The zero-order valence-electron chi connectivity index (χ0n) is 13.2. The molecule has 1 atom stereocenters. The van der Waals surface area contributed by atoms with Crippen LogP contribution in [0.5, 0.6) is 0 Å². The number of hydrogen-bond donors (Lipinski definition) is 2. The van der Waals surface area contributed by atoms with Crippen LogP contribution < -0.4 is 5.32 Å². The van der Waals surface area contributed by atoms with Gasteiger partial charge in [-0.3, -0.25) is 0 Å². The molecule has 0 aromatic carbocycles. The third kappa shape index (κ3) is 4.44. The molecule has 0 amide bonds. The largest absolute Gasteiger partial charge is 0.394 e. The summed E-state index contributed by atoms with van der Waals surface area (Å²) in [6.45, 7) is 12.8. The normalized spacial score (nSPS) is 26.4. The molecule has 2 N–H and O–H groups in total. The number of aliphatic hydroxyl groups excluding tert-OH is 1. The van der Waals surface area contributed by atoms with Crippen molar-refractivity contribution in [1.82, 2.24) is 10.2 Å².